The molecule has 1 aliphatic heterocycles. The minimum Gasteiger partial charge on any atom is -0.374 e. The summed E-state index contributed by atoms with van der Waals surface area (Å²) in [6.07, 6.45) is 3.84. The van der Waals surface area contributed by atoms with Crippen LogP contribution in [-0.4, -0.2) is 40.5 Å². The van der Waals surface area contributed by atoms with E-state index < -0.39 is 0 Å². The lowest BCUT2D eigenvalue weighted by molar-refractivity contribution is -0.0404. The Bertz CT molecular complexity index is 722. The number of nitrogens with zero attached hydrogens (tertiary/aromatic N) is 4. The minimum atomic E-state index is -0.269. The molecule has 0 aliphatic carbocycles. The first-order chi connectivity index (χ1) is 11.1. The van der Waals surface area contributed by atoms with Gasteiger partial charge in [-0.3, -0.25) is 9.58 Å². The molecular weight excluding hydrogens is 295 g/mol. The molecule has 120 valence electrons. The van der Waals surface area contributed by atoms with E-state index in [0.717, 1.165) is 18.7 Å². The van der Waals surface area contributed by atoms with Gasteiger partial charge in [-0.05, 0) is 30.7 Å². The Morgan fingerprint density at radius 1 is 1.48 bits per heavy atom. The highest BCUT2D eigenvalue weighted by atomic mass is 19.1. The van der Waals surface area contributed by atoms with Gasteiger partial charge in [0.05, 0.1) is 37.1 Å². The summed E-state index contributed by atoms with van der Waals surface area (Å²) in [4.78, 5) is 2.16. The first-order valence-corrected chi connectivity index (χ1v) is 7.65. The van der Waals surface area contributed by atoms with Crippen LogP contribution >= 0.6 is 0 Å². The van der Waals surface area contributed by atoms with E-state index in [4.69, 9.17) is 10.00 Å². The lowest BCUT2D eigenvalue weighted by Crippen LogP contribution is -2.43. The van der Waals surface area contributed by atoms with Crippen LogP contribution in [0.1, 0.15) is 16.7 Å². The number of halogens is 1. The van der Waals surface area contributed by atoms with Crippen molar-refractivity contribution in [2.24, 2.45) is 0 Å². The molecule has 1 saturated heterocycles. The second kappa shape index (κ2) is 6.90. The molecule has 0 radical (unpaired) electrons. The van der Waals surface area contributed by atoms with E-state index in [-0.39, 0.29) is 11.9 Å². The topological polar surface area (TPSA) is 54.1 Å². The number of ether oxygens (including phenoxy) is 1. The summed E-state index contributed by atoms with van der Waals surface area (Å²) in [5, 5.41) is 13.2. The van der Waals surface area contributed by atoms with Crippen LogP contribution in [-0.2, 0) is 17.8 Å². The van der Waals surface area contributed by atoms with Gasteiger partial charge in [0.25, 0.3) is 0 Å². The van der Waals surface area contributed by atoms with Crippen molar-refractivity contribution in [2.45, 2.75) is 26.1 Å². The largest absolute Gasteiger partial charge is 0.374 e. The zero-order valence-corrected chi connectivity index (χ0v) is 13.1. The Morgan fingerprint density at radius 3 is 3.09 bits per heavy atom. The van der Waals surface area contributed by atoms with Crippen LogP contribution in [0.3, 0.4) is 0 Å². The number of benzene rings is 1. The summed E-state index contributed by atoms with van der Waals surface area (Å²) in [6.45, 7) is 5.26. The van der Waals surface area contributed by atoms with Gasteiger partial charge in [-0.1, -0.05) is 0 Å². The van der Waals surface area contributed by atoms with Crippen molar-refractivity contribution < 1.29 is 9.13 Å². The summed E-state index contributed by atoms with van der Waals surface area (Å²) in [5.74, 6) is -0.269. The van der Waals surface area contributed by atoms with Gasteiger partial charge in [-0.25, -0.2) is 4.39 Å². The number of hydrogen-bond acceptors (Lipinski definition) is 4. The number of morpholine rings is 1. The van der Waals surface area contributed by atoms with Crippen molar-refractivity contribution >= 4 is 0 Å². The SMILES string of the molecule is Cc1cnn(CC2CN(Cc3cc(C#N)ccc3F)CCO2)c1. The molecule has 5 nitrogen and oxygen atoms in total. The minimum absolute atomic E-state index is 0.0326. The molecule has 1 unspecified atom stereocenters. The Labute approximate surface area is 134 Å². The lowest BCUT2D eigenvalue weighted by atomic mass is 10.1. The van der Waals surface area contributed by atoms with Crippen molar-refractivity contribution in [2.75, 3.05) is 19.7 Å². The summed E-state index contributed by atoms with van der Waals surface area (Å²) in [6, 6.07) is 6.54. The number of rotatable bonds is 4. The van der Waals surface area contributed by atoms with Crippen molar-refractivity contribution in [3.63, 3.8) is 0 Å². The summed E-state index contributed by atoms with van der Waals surface area (Å²) < 4.78 is 21.6. The van der Waals surface area contributed by atoms with E-state index in [1.54, 1.807) is 6.07 Å². The van der Waals surface area contributed by atoms with Gasteiger partial charge in [0.1, 0.15) is 5.82 Å². The third kappa shape index (κ3) is 3.95. The van der Waals surface area contributed by atoms with Gasteiger partial charge in [0.15, 0.2) is 0 Å². The fourth-order valence-electron chi connectivity index (χ4n) is 2.82. The van der Waals surface area contributed by atoms with E-state index >= 15 is 0 Å². The fourth-order valence-corrected chi connectivity index (χ4v) is 2.82. The highest BCUT2D eigenvalue weighted by Gasteiger charge is 2.22. The molecule has 1 fully saturated rings. The van der Waals surface area contributed by atoms with E-state index in [0.29, 0.717) is 30.8 Å². The maximum atomic E-state index is 13.9. The molecule has 0 spiro atoms. The van der Waals surface area contributed by atoms with Crippen molar-refractivity contribution in [3.8, 4) is 6.07 Å². The van der Waals surface area contributed by atoms with E-state index in [9.17, 15) is 4.39 Å². The number of aryl methyl sites for hydroxylation is 1. The zero-order chi connectivity index (χ0) is 16.2. The Balaban J connectivity index is 1.63. The molecule has 1 aliphatic rings. The van der Waals surface area contributed by atoms with Crippen LogP contribution in [0.5, 0.6) is 0 Å². The molecule has 2 aromatic rings. The van der Waals surface area contributed by atoms with Crippen molar-refractivity contribution in [3.05, 3.63) is 53.1 Å². The third-order valence-corrected chi connectivity index (χ3v) is 3.94. The molecule has 0 amide bonds. The first kappa shape index (κ1) is 15.7. The van der Waals surface area contributed by atoms with Crippen LogP contribution < -0.4 is 0 Å². The summed E-state index contributed by atoms with van der Waals surface area (Å²) in [5.41, 5.74) is 2.16. The second-order valence-corrected chi connectivity index (χ2v) is 5.89. The van der Waals surface area contributed by atoms with Crippen molar-refractivity contribution in [1.29, 1.82) is 5.26 Å². The average molecular weight is 314 g/mol. The predicted octanol–water partition coefficient (Wildman–Crippen LogP) is 2.10. The maximum absolute atomic E-state index is 13.9. The molecule has 23 heavy (non-hydrogen) atoms. The van der Waals surface area contributed by atoms with E-state index in [1.807, 2.05) is 24.0 Å². The highest BCUT2D eigenvalue weighted by molar-refractivity contribution is 5.33. The number of nitriles is 1. The Hall–Kier alpha value is -2.23. The van der Waals surface area contributed by atoms with Gasteiger partial charge in [0, 0.05) is 31.4 Å². The van der Waals surface area contributed by atoms with Crippen LogP contribution in [0.15, 0.2) is 30.6 Å². The molecule has 1 aromatic heterocycles. The highest BCUT2D eigenvalue weighted by Crippen LogP contribution is 2.16. The standard InChI is InChI=1S/C17H19FN4O/c1-13-8-20-22(9-13)12-16-11-21(4-5-23-16)10-15-6-14(7-19)2-3-17(15)18/h2-3,6,8-9,16H,4-5,10-12H2,1H3. The van der Waals surface area contributed by atoms with Crippen LogP contribution in [0.25, 0.3) is 0 Å². The third-order valence-electron chi connectivity index (χ3n) is 3.94. The monoisotopic (exact) mass is 314 g/mol. The quantitative estimate of drug-likeness (QED) is 0.867. The lowest BCUT2D eigenvalue weighted by Gasteiger charge is -2.33. The molecule has 6 heteroatoms. The summed E-state index contributed by atoms with van der Waals surface area (Å²) >= 11 is 0. The average Bonchev–Trinajstić information content (AvgIpc) is 2.95. The predicted molar refractivity (Wildman–Crippen MR) is 83.1 cm³/mol. The van der Waals surface area contributed by atoms with E-state index in [1.165, 1.54) is 12.1 Å². The molecule has 2 heterocycles. The van der Waals surface area contributed by atoms with Crippen LogP contribution in [0.4, 0.5) is 4.39 Å². The molecule has 0 N–H and O–H groups in total. The van der Waals surface area contributed by atoms with Gasteiger partial charge >= 0.3 is 0 Å². The normalized spacial score (nSPS) is 18.7. The van der Waals surface area contributed by atoms with Gasteiger partial charge in [-0.2, -0.15) is 10.4 Å². The maximum Gasteiger partial charge on any atom is 0.127 e. The van der Waals surface area contributed by atoms with Crippen LogP contribution in [0.2, 0.25) is 0 Å². The molecule has 3 rings (SSSR count). The number of aromatic nitrogens is 2. The van der Waals surface area contributed by atoms with Crippen molar-refractivity contribution in [1.82, 2.24) is 14.7 Å². The Kier molecular flexibility index (Phi) is 4.70. The second-order valence-electron chi connectivity index (χ2n) is 5.89. The fraction of sp³-hybridized carbons (Fsp3) is 0.412. The molecule has 0 bridgehead atoms. The molecule has 1 atom stereocenters. The van der Waals surface area contributed by atoms with Gasteiger partial charge in [-0.15, -0.1) is 0 Å². The van der Waals surface area contributed by atoms with Gasteiger partial charge in [0.2, 0.25) is 0 Å². The Morgan fingerprint density at radius 2 is 2.35 bits per heavy atom. The molecule has 0 saturated carbocycles. The van der Waals surface area contributed by atoms with E-state index in [2.05, 4.69) is 16.1 Å². The smallest absolute Gasteiger partial charge is 0.127 e. The first-order valence-electron chi connectivity index (χ1n) is 7.65. The summed E-state index contributed by atoms with van der Waals surface area (Å²) in [7, 11) is 0. The van der Waals surface area contributed by atoms with Crippen LogP contribution in [0, 0.1) is 24.1 Å². The molecule has 1 aromatic carbocycles. The molecular formula is C17H19FN4O. The van der Waals surface area contributed by atoms with Gasteiger partial charge < -0.3 is 4.74 Å². The number of hydrogen-bond donors (Lipinski definition) is 0. The zero-order valence-electron chi connectivity index (χ0n) is 13.1.